The van der Waals surface area contributed by atoms with Crippen molar-refractivity contribution in [2.24, 2.45) is 0 Å². The van der Waals surface area contributed by atoms with Crippen molar-refractivity contribution in [1.29, 1.82) is 0 Å². The van der Waals surface area contributed by atoms with Crippen molar-refractivity contribution in [2.45, 2.75) is 12.2 Å². The SMILES string of the molecule is O=C(Nc1ccns1)C1=CC(C(F)(F)F)NN1c1ccccc1Cl. The molecule has 0 saturated carbocycles. The molecule has 2 N–H and O–H groups in total. The van der Waals surface area contributed by atoms with Gasteiger partial charge in [0.05, 0.1) is 10.7 Å². The van der Waals surface area contributed by atoms with Gasteiger partial charge in [-0.1, -0.05) is 23.7 Å². The molecule has 1 aromatic carbocycles. The fraction of sp³-hybridized carbons (Fsp3) is 0.143. The Balaban J connectivity index is 1.94. The van der Waals surface area contributed by atoms with Crippen molar-refractivity contribution in [2.75, 3.05) is 10.3 Å². The molecule has 5 nitrogen and oxygen atoms in total. The van der Waals surface area contributed by atoms with E-state index in [1.54, 1.807) is 18.2 Å². The van der Waals surface area contributed by atoms with Crippen molar-refractivity contribution in [1.82, 2.24) is 9.80 Å². The van der Waals surface area contributed by atoms with Crippen molar-refractivity contribution in [3.8, 4) is 0 Å². The van der Waals surface area contributed by atoms with Crippen LogP contribution >= 0.6 is 23.1 Å². The average Bonchev–Trinajstić information content (AvgIpc) is 3.16. The number of nitrogens with zero attached hydrogens (tertiary/aromatic N) is 2. The number of hydrazine groups is 1. The molecular formula is C14H10ClF3N4OS. The van der Waals surface area contributed by atoms with Crippen molar-refractivity contribution in [3.63, 3.8) is 0 Å². The smallest absolute Gasteiger partial charge is 0.311 e. The van der Waals surface area contributed by atoms with Crippen LogP contribution in [0.5, 0.6) is 0 Å². The number of hydrogen-bond acceptors (Lipinski definition) is 5. The van der Waals surface area contributed by atoms with Crippen LogP contribution in [0.2, 0.25) is 5.02 Å². The molecule has 1 aliphatic heterocycles. The Morgan fingerprint density at radius 1 is 1.33 bits per heavy atom. The third-order valence-electron chi connectivity index (χ3n) is 3.19. The molecule has 0 saturated heterocycles. The summed E-state index contributed by atoms with van der Waals surface area (Å²) in [6.45, 7) is 0. The van der Waals surface area contributed by atoms with Crippen LogP contribution in [0, 0.1) is 0 Å². The summed E-state index contributed by atoms with van der Waals surface area (Å²) in [5.41, 5.74) is 2.31. The first-order chi connectivity index (χ1) is 11.4. The summed E-state index contributed by atoms with van der Waals surface area (Å²) in [7, 11) is 0. The predicted molar refractivity (Wildman–Crippen MR) is 85.7 cm³/mol. The second kappa shape index (κ2) is 6.42. The van der Waals surface area contributed by atoms with Gasteiger partial charge in [0.15, 0.2) is 0 Å². The van der Waals surface area contributed by atoms with E-state index in [4.69, 9.17) is 11.6 Å². The van der Waals surface area contributed by atoms with E-state index >= 15 is 0 Å². The van der Waals surface area contributed by atoms with Crippen LogP contribution < -0.4 is 15.8 Å². The van der Waals surface area contributed by atoms with E-state index < -0.39 is 18.1 Å². The van der Waals surface area contributed by atoms with Crippen LogP contribution in [0.15, 0.2) is 48.3 Å². The molecule has 0 fully saturated rings. The number of aromatic nitrogens is 1. The quantitative estimate of drug-likeness (QED) is 0.862. The Morgan fingerprint density at radius 3 is 2.71 bits per heavy atom. The number of amides is 1. The molecule has 126 valence electrons. The van der Waals surface area contributed by atoms with Gasteiger partial charge in [-0.05, 0) is 35.8 Å². The molecule has 0 radical (unpaired) electrons. The van der Waals surface area contributed by atoms with Gasteiger partial charge in [-0.25, -0.2) is 5.43 Å². The number of carbonyl (C=O) groups excluding carboxylic acids is 1. The van der Waals surface area contributed by atoms with E-state index in [9.17, 15) is 18.0 Å². The number of rotatable bonds is 3. The van der Waals surface area contributed by atoms with Crippen LogP contribution in [0.3, 0.4) is 0 Å². The zero-order chi connectivity index (χ0) is 17.3. The van der Waals surface area contributed by atoms with E-state index in [1.807, 2.05) is 0 Å². The maximum absolute atomic E-state index is 13.1. The molecule has 2 heterocycles. The first kappa shape index (κ1) is 16.7. The summed E-state index contributed by atoms with van der Waals surface area (Å²) in [5.74, 6) is -0.696. The molecule has 0 bridgehead atoms. The van der Waals surface area contributed by atoms with Gasteiger partial charge >= 0.3 is 6.18 Å². The van der Waals surface area contributed by atoms with Crippen molar-refractivity contribution >= 4 is 39.7 Å². The zero-order valence-electron chi connectivity index (χ0n) is 11.8. The lowest BCUT2D eigenvalue weighted by molar-refractivity contribution is -0.142. The summed E-state index contributed by atoms with van der Waals surface area (Å²) in [4.78, 5) is 12.4. The number of para-hydroxylation sites is 1. The molecule has 0 spiro atoms. The minimum absolute atomic E-state index is 0.196. The molecule has 3 rings (SSSR count). The Bertz CT molecular complexity index is 779. The molecule has 1 aliphatic rings. The highest BCUT2D eigenvalue weighted by Crippen LogP contribution is 2.34. The third kappa shape index (κ3) is 3.37. The zero-order valence-corrected chi connectivity index (χ0v) is 13.4. The average molecular weight is 375 g/mol. The monoisotopic (exact) mass is 374 g/mol. The topological polar surface area (TPSA) is 57.3 Å². The van der Waals surface area contributed by atoms with Crippen LogP contribution in [-0.4, -0.2) is 22.5 Å². The van der Waals surface area contributed by atoms with Gasteiger partial charge in [0.25, 0.3) is 5.91 Å². The predicted octanol–water partition coefficient (Wildman–Crippen LogP) is 3.57. The van der Waals surface area contributed by atoms with Gasteiger partial charge in [-0.3, -0.25) is 9.80 Å². The molecule has 10 heteroatoms. The maximum atomic E-state index is 13.1. The molecule has 24 heavy (non-hydrogen) atoms. The van der Waals surface area contributed by atoms with E-state index in [-0.39, 0.29) is 16.4 Å². The highest BCUT2D eigenvalue weighted by molar-refractivity contribution is 7.10. The van der Waals surface area contributed by atoms with Gasteiger partial charge in [0.1, 0.15) is 16.7 Å². The maximum Gasteiger partial charge on any atom is 0.409 e. The molecular weight excluding hydrogens is 365 g/mol. The van der Waals surface area contributed by atoms with Gasteiger partial charge in [0.2, 0.25) is 0 Å². The van der Waals surface area contributed by atoms with Gasteiger partial charge < -0.3 is 5.32 Å². The minimum atomic E-state index is -4.55. The second-order valence-electron chi connectivity index (χ2n) is 4.82. The van der Waals surface area contributed by atoms with E-state index in [0.717, 1.165) is 22.6 Å². The Kier molecular flexibility index (Phi) is 4.48. The Labute approximate surface area is 143 Å². The van der Waals surface area contributed by atoms with Crippen LogP contribution in [0.1, 0.15) is 0 Å². The second-order valence-corrected chi connectivity index (χ2v) is 6.06. The lowest BCUT2D eigenvalue weighted by atomic mass is 10.2. The number of hydrogen-bond donors (Lipinski definition) is 2. The molecule has 1 aromatic heterocycles. The van der Waals surface area contributed by atoms with Crippen LogP contribution in [-0.2, 0) is 4.79 Å². The van der Waals surface area contributed by atoms with Gasteiger partial charge in [-0.15, -0.1) is 0 Å². The Morgan fingerprint density at radius 2 is 2.08 bits per heavy atom. The van der Waals surface area contributed by atoms with Crippen LogP contribution in [0.25, 0.3) is 0 Å². The number of benzene rings is 1. The minimum Gasteiger partial charge on any atom is -0.311 e. The highest BCUT2D eigenvalue weighted by atomic mass is 35.5. The van der Waals surface area contributed by atoms with Crippen LogP contribution in [0.4, 0.5) is 23.9 Å². The number of alkyl halides is 3. The lowest BCUT2D eigenvalue weighted by Gasteiger charge is -2.25. The lowest BCUT2D eigenvalue weighted by Crippen LogP contribution is -2.45. The number of halogens is 4. The van der Waals surface area contributed by atoms with E-state index in [0.29, 0.717) is 5.00 Å². The van der Waals surface area contributed by atoms with E-state index in [2.05, 4.69) is 15.1 Å². The molecule has 1 unspecified atom stereocenters. The number of nitrogens with one attached hydrogen (secondary N) is 2. The third-order valence-corrected chi connectivity index (χ3v) is 4.17. The highest BCUT2D eigenvalue weighted by Gasteiger charge is 2.45. The van der Waals surface area contributed by atoms with Crippen molar-refractivity contribution in [3.05, 3.63) is 53.3 Å². The van der Waals surface area contributed by atoms with Crippen molar-refractivity contribution < 1.29 is 18.0 Å². The van der Waals surface area contributed by atoms with Gasteiger partial charge in [-0.2, -0.15) is 17.5 Å². The fourth-order valence-corrected chi connectivity index (χ4v) is 2.83. The summed E-state index contributed by atoms with van der Waals surface area (Å²) in [5, 5.41) is 4.19. The summed E-state index contributed by atoms with van der Waals surface area (Å²) in [6.07, 6.45) is -2.25. The standard InChI is InChI=1S/C14H10ClF3N4OS/c15-8-3-1-2-4-9(8)22-10(7-11(21-22)14(16,17)18)13(23)20-12-5-6-19-24-12/h1-7,11,21H,(H,20,23). The summed E-state index contributed by atoms with van der Waals surface area (Å²) >= 11 is 7.07. The first-order valence-corrected chi connectivity index (χ1v) is 7.83. The van der Waals surface area contributed by atoms with E-state index in [1.165, 1.54) is 18.3 Å². The largest absolute Gasteiger partial charge is 0.409 e. The molecule has 0 aliphatic carbocycles. The first-order valence-electron chi connectivity index (χ1n) is 6.67. The number of anilines is 2. The fourth-order valence-electron chi connectivity index (χ4n) is 2.11. The molecule has 2 aromatic rings. The van der Waals surface area contributed by atoms with Gasteiger partial charge in [0, 0.05) is 6.20 Å². The molecule has 1 atom stereocenters. The normalized spacial score (nSPS) is 17.8. The molecule has 1 amide bonds. The summed E-state index contributed by atoms with van der Waals surface area (Å²) < 4.78 is 43.0. The number of carbonyl (C=O) groups is 1. The summed E-state index contributed by atoms with van der Waals surface area (Å²) in [6, 6.07) is 5.86. The Hall–Kier alpha value is -2.10.